The molecule has 1 N–H and O–H groups in total. The van der Waals surface area contributed by atoms with Crippen LogP contribution in [-0.2, 0) is 17.7 Å². The van der Waals surface area contributed by atoms with Crippen LogP contribution in [0.2, 0.25) is 5.02 Å². The fourth-order valence-electron chi connectivity index (χ4n) is 4.15. The van der Waals surface area contributed by atoms with Crippen molar-refractivity contribution in [3.05, 3.63) is 50.1 Å². The first-order valence-corrected chi connectivity index (χ1v) is 11.2. The van der Waals surface area contributed by atoms with Gasteiger partial charge in [-0.1, -0.05) is 17.7 Å². The van der Waals surface area contributed by atoms with Crippen molar-refractivity contribution >= 4 is 39.1 Å². The summed E-state index contributed by atoms with van der Waals surface area (Å²) in [5, 5.41) is 4.72. The monoisotopic (exact) mass is 430 g/mol. The molecule has 2 aliphatic heterocycles. The molecule has 0 aliphatic carbocycles. The standard InChI is InChI=1S/C21H23ClN4O2S/c1-25-8-7-16-17(12-25)29-19-18(16)20(27)26(14-5-2-4-13(22)10-14)21(24-19)23-11-15-6-3-9-28-15/h2,4-5,10,15H,3,6-9,11-12H2,1H3,(H,23,24)/t15-/m1/s1. The number of thiophene rings is 1. The van der Waals surface area contributed by atoms with Crippen molar-refractivity contribution in [2.75, 3.05) is 32.1 Å². The van der Waals surface area contributed by atoms with Gasteiger partial charge in [0.1, 0.15) is 4.83 Å². The van der Waals surface area contributed by atoms with Gasteiger partial charge < -0.3 is 15.0 Å². The van der Waals surface area contributed by atoms with Crippen molar-refractivity contribution in [3.8, 4) is 5.69 Å². The van der Waals surface area contributed by atoms with Crippen LogP contribution in [0.5, 0.6) is 0 Å². The Morgan fingerprint density at radius 2 is 2.31 bits per heavy atom. The summed E-state index contributed by atoms with van der Waals surface area (Å²) in [6.45, 7) is 3.25. The molecule has 4 heterocycles. The van der Waals surface area contributed by atoms with Gasteiger partial charge in [-0.05, 0) is 50.1 Å². The van der Waals surface area contributed by atoms with Gasteiger partial charge in [-0.2, -0.15) is 0 Å². The van der Waals surface area contributed by atoms with Gasteiger partial charge in [0.25, 0.3) is 5.56 Å². The summed E-state index contributed by atoms with van der Waals surface area (Å²) in [6.07, 6.45) is 3.13. The fourth-order valence-corrected chi connectivity index (χ4v) is 5.63. The number of hydrogen-bond donors (Lipinski definition) is 1. The maximum absolute atomic E-state index is 13.7. The Kier molecular flexibility index (Phi) is 5.07. The van der Waals surface area contributed by atoms with Gasteiger partial charge in [0, 0.05) is 36.1 Å². The van der Waals surface area contributed by atoms with E-state index in [1.165, 1.54) is 4.88 Å². The molecule has 1 fully saturated rings. The minimum Gasteiger partial charge on any atom is -0.376 e. The number of likely N-dealkylation sites (N-methyl/N-ethyl adjacent to an activating group) is 1. The van der Waals surface area contributed by atoms with Crippen molar-refractivity contribution in [2.45, 2.75) is 31.9 Å². The number of anilines is 1. The molecule has 0 spiro atoms. The number of nitrogens with one attached hydrogen (secondary N) is 1. The first-order chi connectivity index (χ1) is 14.1. The van der Waals surface area contributed by atoms with E-state index in [1.54, 1.807) is 22.0 Å². The van der Waals surface area contributed by atoms with E-state index in [0.29, 0.717) is 17.5 Å². The summed E-state index contributed by atoms with van der Waals surface area (Å²) >= 11 is 7.86. The quantitative estimate of drug-likeness (QED) is 0.684. The van der Waals surface area contributed by atoms with E-state index >= 15 is 0 Å². The zero-order valence-electron chi connectivity index (χ0n) is 16.3. The Balaban J connectivity index is 1.66. The molecule has 8 heteroatoms. The van der Waals surface area contributed by atoms with E-state index in [9.17, 15) is 4.79 Å². The average Bonchev–Trinajstić information content (AvgIpc) is 3.33. The summed E-state index contributed by atoms with van der Waals surface area (Å²) in [5.41, 5.74) is 1.84. The van der Waals surface area contributed by atoms with E-state index in [4.69, 9.17) is 21.3 Å². The predicted octanol–water partition coefficient (Wildman–Crippen LogP) is 3.68. The van der Waals surface area contributed by atoms with E-state index in [-0.39, 0.29) is 11.7 Å². The lowest BCUT2D eigenvalue weighted by Crippen LogP contribution is -2.29. The third kappa shape index (κ3) is 3.57. The van der Waals surface area contributed by atoms with Crippen LogP contribution < -0.4 is 10.9 Å². The number of halogens is 1. The van der Waals surface area contributed by atoms with E-state index in [2.05, 4.69) is 17.3 Å². The van der Waals surface area contributed by atoms with Gasteiger partial charge in [-0.25, -0.2) is 9.55 Å². The third-order valence-electron chi connectivity index (χ3n) is 5.64. The first kappa shape index (κ1) is 19.1. The Bertz CT molecular complexity index is 1120. The summed E-state index contributed by atoms with van der Waals surface area (Å²) in [6, 6.07) is 7.37. The van der Waals surface area contributed by atoms with E-state index in [1.807, 2.05) is 18.2 Å². The lowest BCUT2D eigenvalue weighted by Gasteiger charge is -2.22. The maximum atomic E-state index is 13.7. The van der Waals surface area contributed by atoms with E-state index < -0.39 is 0 Å². The second kappa shape index (κ2) is 7.72. The molecule has 152 valence electrons. The molecule has 0 unspecified atom stereocenters. The molecule has 1 saturated heterocycles. The van der Waals surface area contributed by atoms with Crippen LogP contribution >= 0.6 is 22.9 Å². The van der Waals surface area contributed by atoms with Gasteiger partial charge in [-0.3, -0.25) is 4.79 Å². The minimum absolute atomic E-state index is 0.0332. The molecule has 0 saturated carbocycles. The molecular formula is C21H23ClN4O2S. The highest BCUT2D eigenvalue weighted by Gasteiger charge is 2.25. The molecule has 2 aliphatic rings. The molecule has 3 aromatic rings. The molecule has 1 aromatic carbocycles. The number of fused-ring (bicyclic) bond motifs is 3. The number of benzene rings is 1. The highest BCUT2D eigenvalue weighted by molar-refractivity contribution is 7.18. The van der Waals surface area contributed by atoms with Crippen molar-refractivity contribution < 1.29 is 4.74 Å². The molecule has 0 bridgehead atoms. The van der Waals surface area contributed by atoms with Gasteiger partial charge in [-0.15, -0.1) is 11.3 Å². The van der Waals surface area contributed by atoms with Crippen molar-refractivity contribution in [2.24, 2.45) is 0 Å². The predicted molar refractivity (Wildman–Crippen MR) is 118 cm³/mol. The van der Waals surface area contributed by atoms with Crippen LogP contribution in [-0.4, -0.2) is 47.3 Å². The Labute approximate surface area is 178 Å². The Hall–Kier alpha value is -1.93. The summed E-state index contributed by atoms with van der Waals surface area (Å²) in [4.78, 5) is 22.9. The van der Waals surface area contributed by atoms with Gasteiger partial charge in [0.05, 0.1) is 17.2 Å². The van der Waals surface area contributed by atoms with Crippen molar-refractivity contribution in [1.29, 1.82) is 0 Å². The molecule has 5 rings (SSSR count). The second-order valence-electron chi connectivity index (χ2n) is 7.74. The molecule has 6 nitrogen and oxygen atoms in total. The molecule has 29 heavy (non-hydrogen) atoms. The van der Waals surface area contributed by atoms with Crippen LogP contribution in [0.3, 0.4) is 0 Å². The van der Waals surface area contributed by atoms with Crippen molar-refractivity contribution in [3.63, 3.8) is 0 Å². The maximum Gasteiger partial charge on any atom is 0.268 e. The largest absolute Gasteiger partial charge is 0.376 e. The Morgan fingerprint density at radius 1 is 1.41 bits per heavy atom. The number of rotatable bonds is 4. The van der Waals surface area contributed by atoms with Crippen LogP contribution in [0.1, 0.15) is 23.3 Å². The number of aromatic nitrogens is 2. The van der Waals surface area contributed by atoms with Gasteiger partial charge in [0.2, 0.25) is 5.95 Å². The second-order valence-corrected chi connectivity index (χ2v) is 9.26. The van der Waals surface area contributed by atoms with Crippen LogP contribution in [0.4, 0.5) is 5.95 Å². The first-order valence-electron chi connectivity index (χ1n) is 9.97. The van der Waals surface area contributed by atoms with Crippen LogP contribution in [0, 0.1) is 0 Å². The molecule has 2 aromatic heterocycles. The number of ether oxygens (including phenoxy) is 1. The van der Waals surface area contributed by atoms with Crippen molar-refractivity contribution in [1.82, 2.24) is 14.5 Å². The Morgan fingerprint density at radius 3 is 3.10 bits per heavy atom. The highest BCUT2D eigenvalue weighted by atomic mass is 35.5. The van der Waals surface area contributed by atoms with Gasteiger partial charge >= 0.3 is 0 Å². The topological polar surface area (TPSA) is 59.4 Å². The number of nitrogens with zero attached hydrogens (tertiary/aromatic N) is 3. The summed E-state index contributed by atoms with van der Waals surface area (Å²) in [7, 11) is 2.11. The fraction of sp³-hybridized carbons (Fsp3) is 0.429. The zero-order valence-corrected chi connectivity index (χ0v) is 17.9. The smallest absolute Gasteiger partial charge is 0.268 e. The van der Waals surface area contributed by atoms with Crippen LogP contribution in [0.15, 0.2) is 29.1 Å². The third-order valence-corrected chi connectivity index (χ3v) is 6.99. The lowest BCUT2D eigenvalue weighted by atomic mass is 10.1. The van der Waals surface area contributed by atoms with Crippen LogP contribution in [0.25, 0.3) is 15.9 Å². The molecule has 1 atom stereocenters. The summed E-state index contributed by atoms with van der Waals surface area (Å²) < 4.78 is 7.39. The normalized spacial score (nSPS) is 19.6. The zero-order chi connectivity index (χ0) is 20.0. The highest BCUT2D eigenvalue weighted by Crippen LogP contribution is 2.33. The average molecular weight is 431 g/mol. The molecule has 0 amide bonds. The summed E-state index contributed by atoms with van der Waals surface area (Å²) in [5.74, 6) is 0.548. The van der Waals surface area contributed by atoms with Gasteiger partial charge in [0.15, 0.2) is 0 Å². The molecule has 0 radical (unpaired) electrons. The minimum atomic E-state index is -0.0332. The lowest BCUT2D eigenvalue weighted by molar-refractivity contribution is 0.120. The number of hydrogen-bond acceptors (Lipinski definition) is 6. The molecular weight excluding hydrogens is 408 g/mol. The van der Waals surface area contributed by atoms with E-state index in [0.717, 1.165) is 60.4 Å². The SMILES string of the molecule is CN1CCc2c(sc3nc(NC[C@H]4CCCO4)n(-c4cccc(Cl)c4)c(=O)c23)C1.